The van der Waals surface area contributed by atoms with E-state index in [9.17, 15) is 10.2 Å². The molecule has 3 aliphatic carbocycles. The van der Waals surface area contributed by atoms with E-state index in [-0.39, 0.29) is 11.5 Å². The number of aromatic hydroxyl groups is 1. The average Bonchev–Trinajstić information content (AvgIpc) is 3.23. The van der Waals surface area contributed by atoms with E-state index in [0.717, 1.165) is 37.9 Å². The lowest BCUT2D eigenvalue weighted by Crippen LogP contribution is -2.47. The number of rotatable bonds is 11. The van der Waals surface area contributed by atoms with Crippen LogP contribution >= 0.6 is 0 Å². The van der Waals surface area contributed by atoms with Crippen LogP contribution in [0.5, 0.6) is 11.5 Å². The number of aliphatic hydroxyl groups is 1. The number of azide groups is 1. The Balaban J connectivity index is 1.23. The van der Waals surface area contributed by atoms with Gasteiger partial charge in [-0.3, -0.25) is 0 Å². The van der Waals surface area contributed by atoms with E-state index in [2.05, 4.69) is 35.1 Å². The number of phenolic OH excluding ortho intramolecular Hbond substituents is 1. The summed E-state index contributed by atoms with van der Waals surface area (Å²) in [5.74, 6) is 2.96. The number of phenols is 1. The molecule has 0 aromatic heterocycles. The largest absolute Gasteiger partial charge is 0.508 e. The van der Waals surface area contributed by atoms with E-state index >= 15 is 0 Å². The molecule has 6 atom stereocenters. The fourth-order valence-electron chi connectivity index (χ4n) is 7.50. The standard InChI is InChI=1S/C30H39N3O5/c1-30-19-26(20-2-6-23(7-3-20)38-17-16-37-15-14-36-13-12-32-33-31)29-24-9-5-22(34)18-21(24)4-8-25(29)27(30)10-11-28(30)35/h2-3,5-7,9,18,25-29,34-35H,4,8,10-17,19H2,1H3/t25?,26-,27?,28+,29?,30+/m1/s1. The lowest BCUT2D eigenvalue weighted by Gasteiger charge is -2.54. The molecule has 3 aliphatic rings. The van der Waals surface area contributed by atoms with Crippen molar-refractivity contribution < 1.29 is 24.4 Å². The molecule has 2 aromatic rings. The minimum atomic E-state index is -0.240. The smallest absolute Gasteiger partial charge is 0.119 e. The zero-order valence-electron chi connectivity index (χ0n) is 22.2. The Morgan fingerprint density at radius 3 is 2.55 bits per heavy atom. The Kier molecular flexibility index (Phi) is 8.44. The first-order valence-electron chi connectivity index (χ1n) is 13.9. The van der Waals surface area contributed by atoms with Gasteiger partial charge >= 0.3 is 0 Å². The van der Waals surface area contributed by atoms with Crippen LogP contribution < -0.4 is 4.74 Å². The van der Waals surface area contributed by atoms with Crippen molar-refractivity contribution in [1.82, 2.24) is 0 Å². The SMILES string of the molecule is C[C@]12C[C@H](c3ccc(OCCOCCOCCN=[N+]=[N-])cc3)C3c4ccc(O)cc4CCC3C1CC[C@@H]2O. The van der Waals surface area contributed by atoms with Crippen molar-refractivity contribution in [3.8, 4) is 11.5 Å². The third-order valence-corrected chi connectivity index (χ3v) is 9.24. The molecular weight excluding hydrogens is 482 g/mol. The molecule has 8 nitrogen and oxygen atoms in total. The zero-order valence-corrected chi connectivity index (χ0v) is 22.2. The first kappa shape index (κ1) is 26.8. The maximum Gasteiger partial charge on any atom is 0.119 e. The van der Waals surface area contributed by atoms with Gasteiger partial charge in [0.15, 0.2) is 0 Å². The van der Waals surface area contributed by atoms with E-state index in [1.165, 1.54) is 16.7 Å². The summed E-state index contributed by atoms with van der Waals surface area (Å²) in [7, 11) is 0. The highest BCUT2D eigenvalue weighted by Gasteiger charge is 2.57. The summed E-state index contributed by atoms with van der Waals surface area (Å²) >= 11 is 0. The molecule has 204 valence electrons. The van der Waals surface area contributed by atoms with E-state index in [4.69, 9.17) is 19.7 Å². The predicted molar refractivity (Wildman–Crippen MR) is 144 cm³/mol. The number of fused-ring (bicyclic) bond motifs is 5. The first-order valence-corrected chi connectivity index (χ1v) is 13.9. The van der Waals surface area contributed by atoms with Crippen molar-refractivity contribution in [2.45, 2.75) is 57.0 Å². The Hall–Kier alpha value is -2.77. The van der Waals surface area contributed by atoms with Gasteiger partial charge in [-0.1, -0.05) is 30.2 Å². The summed E-state index contributed by atoms with van der Waals surface area (Å²) < 4.78 is 16.8. The number of aliphatic hydroxyl groups excluding tert-OH is 1. The number of benzene rings is 2. The maximum absolute atomic E-state index is 11.0. The highest BCUT2D eigenvalue weighted by molar-refractivity contribution is 5.43. The van der Waals surface area contributed by atoms with E-state index in [0.29, 0.717) is 69.0 Å². The zero-order chi connectivity index (χ0) is 26.5. The Labute approximate surface area is 224 Å². The fourth-order valence-corrected chi connectivity index (χ4v) is 7.50. The molecule has 3 unspecified atom stereocenters. The summed E-state index contributed by atoms with van der Waals surface area (Å²) in [5.41, 5.74) is 12.1. The molecule has 2 fully saturated rings. The molecule has 0 saturated heterocycles. The van der Waals surface area contributed by atoms with Crippen LogP contribution in [-0.4, -0.2) is 55.9 Å². The van der Waals surface area contributed by atoms with Crippen LogP contribution in [0.4, 0.5) is 0 Å². The second-order valence-electron chi connectivity index (χ2n) is 11.2. The number of nitrogens with zero attached hydrogens (tertiary/aromatic N) is 3. The van der Waals surface area contributed by atoms with Gasteiger partial charge in [0, 0.05) is 11.5 Å². The van der Waals surface area contributed by atoms with Crippen LogP contribution in [0.1, 0.15) is 61.1 Å². The van der Waals surface area contributed by atoms with Gasteiger partial charge in [0.05, 0.1) is 32.5 Å². The molecular formula is C30H39N3O5. The minimum Gasteiger partial charge on any atom is -0.508 e. The topological polar surface area (TPSA) is 117 Å². The predicted octanol–water partition coefficient (Wildman–Crippen LogP) is 5.73. The van der Waals surface area contributed by atoms with Gasteiger partial charge in [0.1, 0.15) is 18.1 Å². The van der Waals surface area contributed by atoms with Crippen LogP contribution in [-0.2, 0) is 15.9 Å². The summed E-state index contributed by atoms with van der Waals surface area (Å²) in [5, 5.41) is 24.6. The second-order valence-corrected chi connectivity index (χ2v) is 11.2. The summed E-state index contributed by atoms with van der Waals surface area (Å²) in [6.45, 7) is 4.88. The van der Waals surface area contributed by atoms with E-state index < -0.39 is 0 Å². The molecule has 0 aliphatic heterocycles. The van der Waals surface area contributed by atoms with Gasteiger partial charge in [-0.2, -0.15) is 0 Å². The van der Waals surface area contributed by atoms with Crippen LogP contribution in [0.3, 0.4) is 0 Å². The molecule has 0 radical (unpaired) electrons. The number of hydrogen-bond acceptors (Lipinski definition) is 6. The van der Waals surface area contributed by atoms with Crippen molar-refractivity contribution in [1.29, 1.82) is 0 Å². The van der Waals surface area contributed by atoms with Crippen molar-refractivity contribution in [3.63, 3.8) is 0 Å². The van der Waals surface area contributed by atoms with E-state index in [1.807, 2.05) is 24.3 Å². The van der Waals surface area contributed by atoms with Crippen LogP contribution in [0, 0.1) is 17.3 Å². The van der Waals surface area contributed by atoms with E-state index in [1.54, 1.807) is 0 Å². The van der Waals surface area contributed by atoms with Crippen molar-refractivity contribution in [2.24, 2.45) is 22.4 Å². The quantitative estimate of drug-likeness (QED) is 0.170. The third-order valence-electron chi connectivity index (χ3n) is 9.24. The normalized spacial score (nSPS) is 29.6. The second kappa shape index (κ2) is 12.0. The molecule has 2 saturated carbocycles. The molecule has 2 N–H and O–H groups in total. The minimum absolute atomic E-state index is 0.0561. The van der Waals surface area contributed by atoms with Gasteiger partial charge in [0.2, 0.25) is 0 Å². The monoisotopic (exact) mass is 521 g/mol. The fraction of sp³-hybridized carbons (Fsp3) is 0.600. The maximum atomic E-state index is 11.0. The molecule has 0 amide bonds. The third kappa shape index (κ3) is 5.50. The van der Waals surface area contributed by atoms with Gasteiger partial charge < -0.3 is 24.4 Å². The molecule has 38 heavy (non-hydrogen) atoms. The van der Waals surface area contributed by atoms with Crippen molar-refractivity contribution >= 4 is 0 Å². The summed E-state index contributed by atoms with van der Waals surface area (Å²) in [4.78, 5) is 2.68. The van der Waals surface area contributed by atoms with Gasteiger partial charge in [-0.15, -0.1) is 0 Å². The molecule has 0 heterocycles. The molecule has 0 spiro atoms. The molecule has 8 heteroatoms. The van der Waals surface area contributed by atoms with Gasteiger partial charge in [-0.05, 0) is 108 Å². The lowest BCUT2D eigenvalue weighted by atomic mass is 9.51. The lowest BCUT2D eigenvalue weighted by molar-refractivity contribution is -0.0323. The Bertz CT molecular complexity index is 1140. The summed E-state index contributed by atoms with van der Waals surface area (Å²) in [6.07, 6.45) is 4.85. The van der Waals surface area contributed by atoms with Crippen LogP contribution in [0.2, 0.25) is 0 Å². The number of aryl methyl sites for hydroxylation is 1. The van der Waals surface area contributed by atoms with Crippen LogP contribution in [0.15, 0.2) is 47.6 Å². The van der Waals surface area contributed by atoms with Gasteiger partial charge in [0.25, 0.3) is 0 Å². The Morgan fingerprint density at radius 2 is 1.76 bits per heavy atom. The van der Waals surface area contributed by atoms with Crippen molar-refractivity contribution in [2.75, 3.05) is 39.6 Å². The molecule has 5 rings (SSSR count). The average molecular weight is 522 g/mol. The number of ether oxygens (including phenoxy) is 3. The first-order chi connectivity index (χ1) is 18.5. The number of hydrogen-bond donors (Lipinski definition) is 2. The van der Waals surface area contributed by atoms with Crippen molar-refractivity contribution in [3.05, 3.63) is 69.6 Å². The highest BCUT2D eigenvalue weighted by Crippen LogP contribution is 2.65. The highest BCUT2D eigenvalue weighted by atomic mass is 16.5. The van der Waals surface area contributed by atoms with Gasteiger partial charge in [-0.25, -0.2) is 0 Å². The Morgan fingerprint density at radius 1 is 1.00 bits per heavy atom. The molecule has 2 aromatic carbocycles. The molecule has 0 bridgehead atoms. The van der Waals surface area contributed by atoms with Crippen LogP contribution in [0.25, 0.3) is 10.4 Å². The summed E-state index contributed by atoms with van der Waals surface area (Å²) in [6, 6.07) is 14.4.